The van der Waals surface area contributed by atoms with Crippen LogP contribution in [0.4, 0.5) is 4.39 Å². The van der Waals surface area contributed by atoms with E-state index in [1.165, 1.54) is 12.1 Å². The van der Waals surface area contributed by atoms with E-state index < -0.39 is 17.7 Å². The predicted molar refractivity (Wildman–Crippen MR) is 73.7 cm³/mol. The largest absolute Gasteiger partial charge is 0.481 e. The maximum atomic E-state index is 13.4. The second-order valence-corrected chi connectivity index (χ2v) is 5.24. The van der Waals surface area contributed by atoms with E-state index in [9.17, 15) is 14.0 Å². The van der Waals surface area contributed by atoms with Crippen LogP contribution in [-0.2, 0) is 16.0 Å². The number of carboxylic acids is 1. The van der Waals surface area contributed by atoms with Gasteiger partial charge in [-0.15, -0.1) is 0 Å². The van der Waals surface area contributed by atoms with Gasteiger partial charge in [-0.1, -0.05) is 32.0 Å². The molecular weight excluding hydrogens is 261 g/mol. The molecule has 1 aromatic rings. The lowest BCUT2D eigenvalue weighted by molar-refractivity contribution is -0.142. The molecular formula is C15H20FNO3. The first-order valence-electron chi connectivity index (χ1n) is 6.63. The third kappa shape index (κ3) is 5.38. The molecule has 0 bridgehead atoms. The summed E-state index contributed by atoms with van der Waals surface area (Å²) in [4.78, 5) is 22.8. The van der Waals surface area contributed by atoms with E-state index >= 15 is 0 Å². The smallest absolute Gasteiger partial charge is 0.308 e. The van der Waals surface area contributed by atoms with Gasteiger partial charge in [-0.25, -0.2) is 4.39 Å². The van der Waals surface area contributed by atoms with Crippen LogP contribution in [0.3, 0.4) is 0 Å². The van der Waals surface area contributed by atoms with Gasteiger partial charge in [0.25, 0.3) is 0 Å². The molecule has 0 aliphatic carbocycles. The van der Waals surface area contributed by atoms with Crippen LogP contribution in [0.5, 0.6) is 0 Å². The van der Waals surface area contributed by atoms with E-state index in [-0.39, 0.29) is 24.8 Å². The number of hydrogen-bond donors (Lipinski definition) is 2. The number of amides is 1. The summed E-state index contributed by atoms with van der Waals surface area (Å²) in [6.45, 7) is 3.93. The van der Waals surface area contributed by atoms with Gasteiger partial charge in [0.15, 0.2) is 0 Å². The van der Waals surface area contributed by atoms with Gasteiger partial charge in [0, 0.05) is 6.54 Å². The molecule has 110 valence electrons. The van der Waals surface area contributed by atoms with E-state index in [1.807, 2.05) is 13.8 Å². The van der Waals surface area contributed by atoms with Crippen molar-refractivity contribution in [2.45, 2.75) is 26.7 Å². The minimum absolute atomic E-state index is 0.0702. The minimum Gasteiger partial charge on any atom is -0.481 e. The third-order valence-electron chi connectivity index (χ3n) is 2.96. The fourth-order valence-corrected chi connectivity index (χ4v) is 1.95. The number of rotatable bonds is 7. The van der Waals surface area contributed by atoms with Crippen LogP contribution in [-0.4, -0.2) is 23.5 Å². The topological polar surface area (TPSA) is 66.4 Å². The lowest BCUT2D eigenvalue weighted by atomic mass is 9.97. The Morgan fingerprint density at radius 2 is 1.95 bits per heavy atom. The van der Waals surface area contributed by atoms with Crippen LogP contribution in [0.15, 0.2) is 24.3 Å². The van der Waals surface area contributed by atoms with Crippen molar-refractivity contribution in [1.29, 1.82) is 0 Å². The van der Waals surface area contributed by atoms with Crippen LogP contribution < -0.4 is 5.32 Å². The Kier molecular flexibility index (Phi) is 6.15. The molecule has 0 spiro atoms. The van der Waals surface area contributed by atoms with Gasteiger partial charge < -0.3 is 10.4 Å². The van der Waals surface area contributed by atoms with E-state index in [4.69, 9.17) is 5.11 Å². The first kappa shape index (κ1) is 16.1. The Balaban J connectivity index is 2.50. The molecule has 4 nitrogen and oxygen atoms in total. The standard InChI is InChI=1S/C15H20FNO3/c1-10(2)7-12(15(19)20)9-17-14(18)8-11-5-3-4-6-13(11)16/h3-6,10,12H,7-9H2,1-2H3,(H,17,18)(H,19,20). The maximum absolute atomic E-state index is 13.4. The molecule has 0 heterocycles. The predicted octanol–water partition coefficient (Wildman–Crippen LogP) is 2.23. The van der Waals surface area contributed by atoms with Gasteiger partial charge in [0.1, 0.15) is 5.82 Å². The van der Waals surface area contributed by atoms with Gasteiger partial charge in [-0.2, -0.15) is 0 Å². The van der Waals surface area contributed by atoms with Crippen molar-refractivity contribution in [3.8, 4) is 0 Å². The number of carboxylic acid groups (broad SMARTS) is 1. The molecule has 20 heavy (non-hydrogen) atoms. The van der Waals surface area contributed by atoms with Gasteiger partial charge in [-0.3, -0.25) is 9.59 Å². The monoisotopic (exact) mass is 281 g/mol. The SMILES string of the molecule is CC(C)CC(CNC(=O)Cc1ccccc1F)C(=O)O. The second-order valence-electron chi connectivity index (χ2n) is 5.24. The summed E-state index contributed by atoms with van der Waals surface area (Å²) in [7, 11) is 0. The van der Waals surface area contributed by atoms with Crippen molar-refractivity contribution in [2.75, 3.05) is 6.54 Å². The molecule has 1 rings (SSSR count). The summed E-state index contributed by atoms with van der Waals surface area (Å²) in [6.07, 6.45) is 0.413. The highest BCUT2D eigenvalue weighted by Crippen LogP contribution is 2.11. The average molecular weight is 281 g/mol. The molecule has 1 amide bonds. The summed E-state index contributed by atoms with van der Waals surface area (Å²) >= 11 is 0. The fourth-order valence-electron chi connectivity index (χ4n) is 1.95. The number of aliphatic carboxylic acids is 1. The van der Waals surface area contributed by atoms with E-state index in [0.717, 1.165) is 0 Å². The van der Waals surface area contributed by atoms with Gasteiger partial charge >= 0.3 is 5.97 Å². The van der Waals surface area contributed by atoms with Gasteiger partial charge in [-0.05, 0) is 24.0 Å². The van der Waals surface area contributed by atoms with E-state index in [1.54, 1.807) is 12.1 Å². The maximum Gasteiger partial charge on any atom is 0.308 e. The fraction of sp³-hybridized carbons (Fsp3) is 0.467. The molecule has 1 aromatic carbocycles. The second kappa shape index (κ2) is 7.62. The summed E-state index contributed by atoms with van der Waals surface area (Å²) in [6, 6.07) is 6.05. The highest BCUT2D eigenvalue weighted by atomic mass is 19.1. The molecule has 0 saturated heterocycles. The van der Waals surface area contributed by atoms with Gasteiger partial charge in [0.2, 0.25) is 5.91 Å². The normalized spacial score (nSPS) is 12.2. The number of benzene rings is 1. The Morgan fingerprint density at radius 3 is 2.50 bits per heavy atom. The Labute approximate surface area is 118 Å². The molecule has 0 aromatic heterocycles. The van der Waals surface area contributed by atoms with Crippen molar-refractivity contribution in [3.63, 3.8) is 0 Å². The van der Waals surface area contributed by atoms with E-state index in [2.05, 4.69) is 5.32 Å². The molecule has 0 aliphatic rings. The number of halogens is 1. The zero-order chi connectivity index (χ0) is 15.1. The number of nitrogens with one attached hydrogen (secondary N) is 1. The minimum atomic E-state index is -0.926. The summed E-state index contributed by atoms with van der Waals surface area (Å²) in [5.74, 6) is -2.10. The first-order chi connectivity index (χ1) is 9.40. The summed E-state index contributed by atoms with van der Waals surface area (Å²) in [5.41, 5.74) is 0.306. The van der Waals surface area contributed by atoms with Crippen molar-refractivity contribution in [3.05, 3.63) is 35.6 Å². The van der Waals surface area contributed by atoms with Gasteiger partial charge in [0.05, 0.1) is 12.3 Å². The average Bonchev–Trinajstić information content (AvgIpc) is 2.36. The van der Waals surface area contributed by atoms with Crippen molar-refractivity contribution in [2.24, 2.45) is 11.8 Å². The molecule has 0 radical (unpaired) electrons. The van der Waals surface area contributed by atoms with Crippen molar-refractivity contribution >= 4 is 11.9 Å². The highest BCUT2D eigenvalue weighted by Gasteiger charge is 2.19. The molecule has 1 atom stereocenters. The van der Waals surface area contributed by atoms with Crippen LogP contribution in [0.2, 0.25) is 0 Å². The number of carbonyl (C=O) groups is 2. The summed E-state index contributed by atoms with van der Waals surface area (Å²) in [5, 5.41) is 11.6. The van der Waals surface area contributed by atoms with Crippen molar-refractivity contribution < 1.29 is 19.1 Å². The Morgan fingerprint density at radius 1 is 1.30 bits per heavy atom. The van der Waals surface area contributed by atoms with E-state index in [0.29, 0.717) is 12.0 Å². The molecule has 0 fully saturated rings. The highest BCUT2D eigenvalue weighted by molar-refractivity contribution is 5.79. The molecule has 0 saturated carbocycles. The van der Waals surface area contributed by atoms with Crippen LogP contribution in [0.1, 0.15) is 25.8 Å². The lowest BCUT2D eigenvalue weighted by Gasteiger charge is -2.15. The van der Waals surface area contributed by atoms with Crippen LogP contribution in [0, 0.1) is 17.7 Å². The number of hydrogen-bond acceptors (Lipinski definition) is 2. The zero-order valence-corrected chi connectivity index (χ0v) is 11.7. The first-order valence-corrected chi connectivity index (χ1v) is 6.63. The van der Waals surface area contributed by atoms with Crippen LogP contribution >= 0.6 is 0 Å². The summed E-state index contributed by atoms with van der Waals surface area (Å²) < 4.78 is 13.4. The molecule has 1 unspecified atom stereocenters. The Bertz CT molecular complexity index is 474. The molecule has 2 N–H and O–H groups in total. The molecule has 0 aliphatic heterocycles. The Hall–Kier alpha value is -1.91. The van der Waals surface area contributed by atoms with Crippen molar-refractivity contribution in [1.82, 2.24) is 5.32 Å². The van der Waals surface area contributed by atoms with Crippen LogP contribution in [0.25, 0.3) is 0 Å². The lowest BCUT2D eigenvalue weighted by Crippen LogP contribution is -2.34. The third-order valence-corrected chi connectivity index (χ3v) is 2.96. The molecule has 5 heteroatoms. The zero-order valence-electron chi connectivity index (χ0n) is 11.7. The number of carbonyl (C=O) groups excluding carboxylic acids is 1. The quantitative estimate of drug-likeness (QED) is 0.805.